The van der Waals surface area contributed by atoms with Crippen LogP contribution in [0.15, 0.2) is 47.4 Å². The average molecular weight is 399 g/mol. The van der Waals surface area contributed by atoms with Crippen LogP contribution in [0.5, 0.6) is 0 Å². The zero-order valence-electron chi connectivity index (χ0n) is 16.5. The van der Waals surface area contributed by atoms with Crippen molar-refractivity contribution in [1.82, 2.24) is 9.80 Å². The van der Waals surface area contributed by atoms with Crippen LogP contribution in [0, 0.1) is 6.92 Å². The average Bonchev–Trinajstić information content (AvgIpc) is 3.31. The van der Waals surface area contributed by atoms with Gasteiger partial charge >= 0.3 is 0 Å². The van der Waals surface area contributed by atoms with E-state index in [0.29, 0.717) is 18.7 Å². The van der Waals surface area contributed by atoms with Crippen LogP contribution in [-0.4, -0.2) is 52.8 Å². The highest BCUT2D eigenvalue weighted by Crippen LogP contribution is 2.40. The van der Waals surface area contributed by atoms with E-state index in [1.165, 1.54) is 11.3 Å². The van der Waals surface area contributed by atoms with Crippen LogP contribution in [0.25, 0.3) is 5.76 Å². The number of hydrogen-bond donors (Lipinski definition) is 1. The number of Topliss-reactive ketones (excluding diaryl/α,β-unsaturated/α-hetero) is 1. The molecule has 1 atom stereocenters. The third-order valence-electron chi connectivity index (χ3n) is 5.23. The van der Waals surface area contributed by atoms with Gasteiger partial charge in [0.05, 0.1) is 11.6 Å². The topological polar surface area (TPSA) is 60.9 Å². The highest BCUT2D eigenvalue weighted by molar-refractivity contribution is 7.10. The molecular weight excluding hydrogens is 372 g/mol. The second kappa shape index (κ2) is 8.71. The second-order valence-electron chi connectivity index (χ2n) is 6.90. The highest BCUT2D eigenvalue weighted by atomic mass is 32.1. The van der Waals surface area contributed by atoms with Crippen LogP contribution in [0.2, 0.25) is 0 Å². The zero-order valence-corrected chi connectivity index (χ0v) is 17.3. The molecule has 0 unspecified atom stereocenters. The number of hydrogen-bond acceptors (Lipinski definition) is 5. The van der Waals surface area contributed by atoms with Crippen LogP contribution >= 0.6 is 11.3 Å². The molecule has 1 N–H and O–H groups in total. The number of aliphatic hydroxyl groups excluding tert-OH is 1. The number of nitrogens with zero attached hydrogens (tertiary/aromatic N) is 2. The Balaban J connectivity index is 2.03. The lowest BCUT2D eigenvalue weighted by Crippen LogP contribution is -2.37. The summed E-state index contributed by atoms with van der Waals surface area (Å²) in [6.45, 7) is 9.01. The lowest BCUT2D eigenvalue weighted by atomic mass is 9.99. The maximum Gasteiger partial charge on any atom is 0.295 e. The Morgan fingerprint density at radius 1 is 1.14 bits per heavy atom. The lowest BCUT2D eigenvalue weighted by Gasteiger charge is -2.27. The summed E-state index contributed by atoms with van der Waals surface area (Å²) >= 11 is 1.49. The van der Waals surface area contributed by atoms with Gasteiger partial charge in [-0.15, -0.1) is 11.3 Å². The standard InChI is InChI=1S/C22H26N2O3S/c1-4-23(5-2)12-13-24-19(17-7-6-14-28-17)18(21(26)22(24)27)20(25)16-10-8-15(3)9-11-16/h6-11,14,19,25H,4-5,12-13H2,1-3H3/b20-18+/t19-/m0/s1. The summed E-state index contributed by atoms with van der Waals surface area (Å²) in [4.78, 5) is 30.4. The smallest absolute Gasteiger partial charge is 0.295 e. The minimum atomic E-state index is -0.615. The molecule has 1 aromatic carbocycles. The zero-order chi connectivity index (χ0) is 20.3. The molecule has 148 valence electrons. The fraction of sp³-hybridized carbons (Fsp3) is 0.364. The van der Waals surface area contributed by atoms with E-state index in [0.717, 1.165) is 23.5 Å². The van der Waals surface area contributed by atoms with Crippen molar-refractivity contribution in [2.24, 2.45) is 0 Å². The van der Waals surface area contributed by atoms with Crippen molar-refractivity contribution < 1.29 is 14.7 Å². The summed E-state index contributed by atoms with van der Waals surface area (Å²) in [7, 11) is 0. The third-order valence-corrected chi connectivity index (χ3v) is 6.15. The molecule has 6 heteroatoms. The number of carbonyl (C=O) groups excluding carboxylic acids is 2. The van der Waals surface area contributed by atoms with Crippen molar-refractivity contribution in [1.29, 1.82) is 0 Å². The Morgan fingerprint density at radius 3 is 2.39 bits per heavy atom. The molecule has 0 aliphatic carbocycles. The molecule has 1 aliphatic heterocycles. The van der Waals surface area contributed by atoms with E-state index in [9.17, 15) is 14.7 Å². The molecule has 0 radical (unpaired) electrons. The maximum atomic E-state index is 12.9. The van der Waals surface area contributed by atoms with Crippen molar-refractivity contribution in [2.75, 3.05) is 26.2 Å². The van der Waals surface area contributed by atoms with Gasteiger partial charge in [0.25, 0.3) is 11.7 Å². The molecular formula is C22H26N2O3S. The van der Waals surface area contributed by atoms with E-state index in [1.54, 1.807) is 17.0 Å². The number of benzene rings is 1. The number of likely N-dealkylation sites (N-methyl/N-ethyl adjacent to an activating group) is 1. The second-order valence-corrected chi connectivity index (χ2v) is 7.88. The van der Waals surface area contributed by atoms with Gasteiger partial charge in [-0.05, 0) is 31.5 Å². The predicted octanol–water partition coefficient (Wildman–Crippen LogP) is 3.82. The number of thiophene rings is 1. The summed E-state index contributed by atoms with van der Waals surface area (Å²) in [6.07, 6.45) is 0. The summed E-state index contributed by atoms with van der Waals surface area (Å²) in [5.41, 5.74) is 1.79. The number of amides is 1. The van der Waals surface area contributed by atoms with Gasteiger partial charge in [-0.25, -0.2) is 0 Å². The van der Waals surface area contributed by atoms with E-state index < -0.39 is 17.7 Å². The number of aryl methyl sites for hydroxylation is 1. The fourth-order valence-corrected chi connectivity index (χ4v) is 4.35. The van der Waals surface area contributed by atoms with Gasteiger partial charge < -0.3 is 14.9 Å². The van der Waals surface area contributed by atoms with Crippen LogP contribution < -0.4 is 0 Å². The van der Waals surface area contributed by atoms with E-state index in [-0.39, 0.29) is 11.3 Å². The minimum Gasteiger partial charge on any atom is -0.507 e. The summed E-state index contributed by atoms with van der Waals surface area (Å²) < 4.78 is 0. The number of likely N-dealkylation sites (tertiary alicyclic amines) is 1. The van der Waals surface area contributed by atoms with Crippen molar-refractivity contribution >= 4 is 28.8 Å². The van der Waals surface area contributed by atoms with Gasteiger partial charge in [0.2, 0.25) is 0 Å². The quantitative estimate of drug-likeness (QED) is 0.438. The van der Waals surface area contributed by atoms with Gasteiger partial charge in [-0.3, -0.25) is 9.59 Å². The normalized spacial score (nSPS) is 19.0. The van der Waals surface area contributed by atoms with E-state index in [2.05, 4.69) is 18.7 Å². The Morgan fingerprint density at radius 2 is 1.82 bits per heavy atom. The summed E-state index contributed by atoms with van der Waals surface area (Å²) in [5, 5.41) is 12.9. The SMILES string of the molecule is CCN(CC)CCN1C(=O)C(=O)/C(=C(/O)c2ccc(C)cc2)[C@@H]1c1cccs1. The Labute approximate surface area is 169 Å². The van der Waals surface area contributed by atoms with Gasteiger partial charge in [0, 0.05) is 23.5 Å². The third kappa shape index (κ3) is 3.88. The maximum absolute atomic E-state index is 12.9. The fourth-order valence-electron chi connectivity index (χ4n) is 3.51. The first-order valence-corrected chi connectivity index (χ1v) is 10.5. The molecule has 5 nitrogen and oxygen atoms in total. The molecule has 1 fully saturated rings. The van der Waals surface area contributed by atoms with Crippen molar-refractivity contribution in [3.05, 3.63) is 63.4 Å². The number of carbonyl (C=O) groups is 2. The molecule has 1 aliphatic rings. The first kappa shape index (κ1) is 20.3. The molecule has 3 rings (SSSR count). The molecule has 0 saturated carbocycles. The molecule has 1 amide bonds. The number of ketones is 1. The molecule has 0 bridgehead atoms. The largest absolute Gasteiger partial charge is 0.507 e. The van der Waals surface area contributed by atoms with Crippen molar-refractivity contribution in [2.45, 2.75) is 26.8 Å². The van der Waals surface area contributed by atoms with Crippen LogP contribution in [0.1, 0.15) is 35.9 Å². The van der Waals surface area contributed by atoms with Crippen LogP contribution in [0.3, 0.4) is 0 Å². The molecule has 2 aromatic rings. The van der Waals surface area contributed by atoms with Crippen molar-refractivity contribution in [3.8, 4) is 0 Å². The van der Waals surface area contributed by atoms with Gasteiger partial charge in [-0.2, -0.15) is 0 Å². The molecule has 0 spiro atoms. The first-order valence-electron chi connectivity index (χ1n) is 9.59. The Kier molecular flexibility index (Phi) is 6.31. The molecule has 1 aromatic heterocycles. The summed E-state index contributed by atoms with van der Waals surface area (Å²) in [6, 6.07) is 10.6. The highest BCUT2D eigenvalue weighted by Gasteiger charge is 2.46. The minimum absolute atomic E-state index is 0.109. The van der Waals surface area contributed by atoms with Crippen LogP contribution in [0.4, 0.5) is 0 Å². The van der Waals surface area contributed by atoms with E-state index in [1.807, 2.05) is 36.6 Å². The van der Waals surface area contributed by atoms with Gasteiger partial charge in [0.15, 0.2) is 0 Å². The first-order chi connectivity index (χ1) is 13.5. The summed E-state index contributed by atoms with van der Waals surface area (Å²) in [5.74, 6) is -1.27. The van der Waals surface area contributed by atoms with E-state index in [4.69, 9.17) is 0 Å². The van der Waals surface area contributed by atoms with Crippen LogP contribution in [-0.2, 0) is 9.59 Å². The predicted molar refractivity (Wildman–Crippen MR) is 112 cm³/mol. The molecule has 1 saturated heterocycles. The number of aliphatic hydroxyl groups is 1. The van der Waals surface area contributed by atoms with E-state index >= 15 is 0 Å². The lowest BCUT2D eigenvalue weighted by molar-refractivity contribution is -0.140. The van der Waals surface area contributed by atoms with Gasteiger partial charge in [-0.1, -0.05) is 49.7 Å². The monoisotopic (exact) mass is 398 g/mol. The Bertz CT molecular complexity index is 868. The Hall–Kier alpha value is -2.44. The molecule has 28 heavy (non-hydrogen) atoms. The van der Waals surface area contributed by atoms with Gasteiger partial charge in [0.1, 0.15) is 5.76 Å². The van der Waals surface area contributed by atoms with Crippen molar-refractivity contribution in [3.63, 3.8) is 0 Å². The number of rotatable bonds is 7. The molecule has 2 heterocycles.